The van der Waals surface area contributed by atoms with Crippen molar-refractivity contribution in [3.63, 3.8) is 0 Å². The van der Waals surface area contributed by atoms with Crippen LogP contribution >= 0.6 is 0 Å². The monoisotopic (exact) mass is 263 g/mol. The van der Waals surface area contributed by atoms with E-state index in [0.29, 0.717) is 19.1 Å². The lowest BCUT2D eigenvalue weighted by atomic mass is 10.1. The molecule has 0 saturated carbocycles. The van der Waals surface area contributed by atoms with Crippen LogP contribution in [0, 0.1) is 0 Å². The highest BCUT2D eigenvalue weighted by Gasteiger charge is 2.24. The van der Waals surface area contributed by atoms with Crippen LogP contribution in [0.2, 0.25) is 0 Å². The largest absolute Gasteiger partial charge is 0.314 e. The van der Waals surface area contributed by atoms with Crippen molar-refractivity contribution in [1.82, 2.24) is 14.5 Å². The molecule has 0 unspecified atom stereocenters. The van der Waals surface area contributed by atoms with Gasteiger partial charge in [-0.25, -0.2) is 12.7 Å². The van der Waals surface area contributed by atoms with Crippen LogP contribution in [0.1, 0.15) is 19.3 Å². The van der Waals surface area contributed by atoms with E-state index in [1.807, 2.05) is 0 Å². The van der Waals surface area contributed by atoms with Crippen LogP contribution in [0.25, 0.3) is 0 Å². The molecule has 6 heteroatoms. The van der Waals surface area contributed by atoms with Gasteiger partial charge in [0.05, 0.1) is 6.26 Å². The molecule has 1 heterocycles. The Hall–Kier alpha value is -0.170. The van der Waals surface area contributed by atoms with Gasteiger partial charge in [0.25, 0.3) is 0 Å². The van der Waals surface area contributed by atoms with Gasteiger partial charge in [-0.05, 0) is 46.4 Å². The number of piperidine rings is 1. The fraction of sp³-hybridized carbons (Fsp3) is 1.00. The van der Waals surface area contributed by atoms with Crippen LogP contribution in [-0.2, 0) is 10.0 Å². The van der Waals surface area contributed by atoms with Gasteiger partial charge in [-0.1, -0.05) is 0 Å². The van der Waals surface area contributed by atoms with Crippen LogP contribution in [0.3, 0.4) is 0 Å². The Bertz CT molecular complexity index is 309. The van der Waals surface area contributed by atoms with Gasteiger partial charge < -0.3 is 10.2 Å². The molecule has 102 valence electrons. The summed E-state index contributed by atoms with van der Waals surface area (Å²) in [5.74, 6) is 0. The van der Waals surface area contributed by atoms with Gasteiger partial charge >= 0.3 is 0 Å². The second kappa shape index (κ2) is 6.68. The zero-order chi connectivity index (χ0) is 12.9. The summed E-state index contributed by atoms with van der Waals surface area (Å²) in [6.07, 6.45) is 4.28. The van der Waals surface area contributed by atoms with E-state index in [1.165, 1.54) is 6.26 Å². The van der Waals surface area contributed by atoms with Crippen LogP contribution in [0.5, 0.6) is 0 Å². The normalized spacial score (nSPS) is 20.0. The predicted octanol–water partition coefficient (Wildman–Crippen LogP) is -0.0483. The summed E-state index contributed by atoms with van der Waals surface area (Å²) in [6, 6.07) is 0.482. The molecular weight excluding hydrogens is 238 g/mol. The highest BCUT2D eigenvalue weighted by atomic mass is 32.2. The third-order valence-electron chi connectivity index (χ3n) is 3.14. The average molecular weight is 263 g/mol. The zero-order valence-corrected chi connectivity index (χ0v) is 12.0. The highest BCUT2D eigenvalue weighted by Crippen LogP contribution is 2.12. The van der Waals surface area contributed by atoms with Gasteiger partial charge in [0.2, 0.25) is 10.0 Å². The minimum atomic E-state index is -2.99. The molecular formula is C11H25N3O2S. The maximum absolute atomic E-state index is 11.3. The fourth-order valence-corrected chi connectivity index (χ4v) is 2.97. The van der Waals surface area contributed by atoms with Gasteiger partial charge in [-0.15, -0.1) is 0 Å². The van der Waals surface area contributed by atoms with E-state index in [4.69, 9.17) is 0 Å². The molecule has 1 aliphatic heterocycles. The minimum Gasteiger partial charge on any atom is -0.314 e. The van der Waals surface area contributed by atoms with Crippen molar-refractivity contribution in [3.05, 3.63) is 0 Å². The van der Waals surface area contributed by atoms with Gasteiger partial charge in [-0.3, -0.25) is 0 Å². The molecule has 0 bridgehead atoms. The average Bonchev–Trinajstić information content (AvgIpc) is 2.23. The lowest BCUT2D eigenvalue weighted by Gasteiger charge is -2.30. The number of hydrogen-bond donors (Lipinski definition) is 1. The van der Waals surface area contributed by atoms with Crippen molar-refractivity contribution in [2.24, 2.45) is 0 Å². The van der Waals surface area contributed by atoms with Crippen LogP contribution in [0.15, 0.2) is 0 Å². The molecule has 0 aliphatic carbocycles. The Morgan fingerprint density at radius 3 is 2.35 bits per heavy atom. The van der Waals surface area contributed by atoms with Gasteiger partial charge in [0.1, 0.15) is 0 Å². The Kier molecular flexibility index (Phi) is 5.85. The minimum absolute atomic E-state index is 0.482. The number of rotatable bonds is 6. The summed E-state index contributed by atoms with van der Waals surface area (Å²) < 4.78 is 24.2. The van der Waals surface area contributed by atoms with Crippen molar-refractivity contribution in [3.8, 4) is 0 Å². The summed E-state index contributed by atoms with van der Waals surface area (Å²) in [4.78, 5) is 2.17. The summed E-state index contributed by atoms with van der Waals surface area (Å²) in [6.45, 7) is 3.42. The smallest absolute Gasteiger partial charge is 0.211 e. The first-order valence-electron chi connectivity index (χ1n) is 6.23. The van der Waals surface area contributed by atoms with E-state index in [0.717, 1.165) is 32.4 Å². The second-order valence-electron chi connectivity index (χ2n) is 5.05. The van der Waals surface area contributed by atoms with Crippen molar-refractivity contribution in [2.45, 2.75) is 25.3 Å². The highest BCUT2D eigenvalue weighted by molar-refractivity contribution is 7.88. The van der Waals surface area contributed by atoms with E-state index < -0.39 is 10.0 Å². The molecule has 0 atom stereocenters. The van der Waals surface area contributed by atoms with Crippen LogP contribution in [-0.4, -0.2) is 70.2 Å². The molecule has 0 radical (unpaired) electrons. The van der Waals surface area contributed by atoms with E-state index in [-0.39, 0.29) is 0 Å². The fourth-order valence-electron chi connectivity index (χ4n) is 2.09. The van der Waals surface area contributed by atoms with E-state index in [1.54, 1.807) is 4.31 Å². The molecule has 0 spiro atoms. The first kappa shape index (κ1) is 14.9. The molecule has 17 heavy (non-hydrogen) atoms. The van der Waals surface area contributed by atoms with Crippen molar-refractivity contribution in [1.29, 1.82) is 0 Å². The molecule has 0 aromatic carbocycles. The quantitative estimate of drug-likeness (QED) is 0.683. The maximum atomic E-state index is 11.3. The third kappa shape index (κ3) is 5.81. The zero-order valence-electron chi connectivity index (χ0n) is 11.1. The lowest BCUT2D eigenvalue weighted by Crippen LogP contribution is -2.44. The second-order valence-corrected chi connectivity index (χ2v) is 7.03. The summed E-state index contributed by atoms with van der Waals surface area (Å²) in [7, 11) is 1.16. The molecule has 0 aromatic rings. The van der Waals surface area contributed by atoms with Gasteiger partial charge in [0, 0.05) is 19.1 Å². The van der Waals surface area contributed by atoms with Crippen molar-refractivity contribution < 1.29 is 8.42 Å². The van der Waals surface area contributed by atoms with Gasteiger partial charge in [0.15, 0.2) is 0 Å². The molecule has 1 N–H and O–H groups in total. The summed E-state index contributed by atoms with van der Waals surface area (Å²) in [5.41, 5.74) is 0. The molecule has 0 amide bonds. The SMILES string of the molecule is CN(C)CCCNC1CCN(S(C)(=O)=O)CC1. The molecule has 0 aromatic heterocycles. The summed E-state index contributed by atoms with van der Waals surface area (Å²) >= 11 is 0. The number of nitrogens with one attached hydrogen (secondary N) is 1. The maximum Gasteiger partial charge on any atom is 0.211 e. The number of sulfonamides is 1. The summed E-state index contributed by atoms with van der Waals surface area (Å²) in [5, 5.41) is 3.50. The van der Waals surface area contributed by atoms with Crippen LogP contribution < -0.4 is 5.32 Å². The number of hydrogen-bond acceptors (Lipinski definition) is 4. The molecule has 1 fully saturated rings. The van der Waals surface area contributed by atoms with Crippen molar-refractivity contribution >= 4 is 10.0 Å². The number of nitrogens with zero attached hydrogens (tertiary/aromatic N) is 2. The standard InChI is InChI=1S/C11H25N3O2S/c1-13(2)8-4-7-12-11-5-9-14(10-6-11)17(3,15)16/h11-12H,4-10H2,1-3H3. The van der Waals surface area contributed by atoms with E-state index in [9.17, 15) is 8.42 Å². The van der Waals surface area contributed by atoms with Crippen molar-refractivity contribution in [2.75, 3.05) is 46.5 Å². The molecule has 5 nitrogen and oxygen atoms in total. The molecule has 1 aliphatic rings. The Morgan fingerprint density at radius 2 is 1.88 bits per heavy atom. The topological polar surface area (TPSA) is 52.6 Å². The lowest BCUT2D eigenvalue weighted by molar-refractivity contribution is 0.286. The first-order chi connectivity index (χ1) is 7.89. The van der Waals surface area contributed by atoms with Crippen LogP contribution in [0.4, 0.5) is 0 Å². The molecule has 1 saturated heterocycles. The van der Waals surface area contributed by atoms with Gasteiger partial charge in [-0.2, -0.15) is 0 Å². The predicted molar refractivity (Wildman–Crippen MR) is 70.6 cm³/mol. The third-order valence-corrected chi connectivity index (χ3v) is 4.44. The Morgan fingerprint density at radius 1 is 1.29 bits per heavy atom. The Labute approximate surface area is 105 Å². The van der Waals surface area contributed by atoms with E-state index >= 15 is 0 Å². The molecule has 1 rings (SSSR count). The van der Waals surface area contributed by atoms with E-state index in [2.05, 4.69) is 24.3 Å². The Balaban J connectivity index is 2.15. The first-order valence-corrected chi connectivity index (χ1v) is 8.07.